The first-order valence-electron chi connectivity index (χ1n) is 12.6. The van der Waals surface area contributed by atoms with Gasteiger partial charge >= 0.3 is 0 Å². The number of nitrogens with one attached hydrogen (secondary N) is 3. The van der Waals surface area contributed by atoms with Gasteiger partial charge in [-0.25, -0.2) is 0 Å². The molecule has 0 aliphatic carbocycles. The third-order valence-corrected chi connectivity index (χ3v) is 8.51. The molecule has 10 heteroatoms. The van der Waals surface area contributed by atoms with Crippen LogP contribution in [0.25, 0.3) is 11.3 Å². The van der Waals surface area contributed by atoms with Crippen LogP contribution in [0.3, 0.4) is 0 Å². The van der Waals surface area contributed by atoms with E-state index < -0.39 is 0 Å². The number of methoxy groups -OCH3 is 1. The molecule has 4 aliphatic rings. The number of pyridine rings is 1. The van der Waals surface area contributed by atoms with Gasteiger partial charge in [-0.1, -0.05) is 17.7 Å². The lowest BCUT2D eigenvalue weighted by Crippen LogP contribution is -2.51. The number of carbonyl (C=O) groups is 1. The number of carbonyl (C=O) groups excluding carboxylic acids is 1. The summed E-state index contributed by atoms with van der Waals surface area (Å²) in [5.74, 6) is 1.47. The lowest BCUT2D eigenvalue weighted by Gasteiger charge is -2.39. The van der Waals surface area contributed by atoms with Crippen LogP contribution in [0.5, 0.6) is 11.5 Å². The van der Waals surface area contributed by atoms with Gasteiger partial charge in [0.15, 0.2) is 5.75 Å². The first-order chi connectivity index (χ1) is 18.1. The monoisotopic (exact) mass is 521 g/mol. The van der Waals surface area contributed by atoms with E-state index in [0.29, 0.717) is 52.5 Å². The second kappa shape index (κ2) is 8.65. The highest BCUT2D eigenvalue weighted by molar-refractivity contribution is 6.32. The molecule has 4 atom stereocenters. The van der Waals surface area contributed by atoms with E-state index in [2.05, 4.69) is 25.5 Å². The van der Waals surface area contributed by atoms with Crippen LogP contribution < -0.4 is 20.1 Å². The van der Waals surface area contributed by atoms with Crippen molar-refractivity contribution in [2.75, 3.05) is 51.8 Å². The van der Waals surface area contributed by atoms with E-state index >= 15 is 0 Å². The van der Waals surface area contributed by atoms with Crippen molar-refractivity contribution in [3.05, 3.63) is 52.9 Å². The van der Waals surface area contributed by atoms with E-state index in [1.54, 1.807) is 25.6 Å². The lowest BCUT2D eigenvalue weighted by atomic mass is 9.79. The highest BCUT2D eigenvalue weighted by atomic mass is 35.5. The van der Waals surface area contributed by atoms with E-state index in [4.69, 9.17) is 25.8 Å². The van der Waals surface area contributed by atoms with Crippen molar-refractivity contribution in [3.63, 3.8) is 0 Å². The molecule has 0 saturated carbocycles. The molecule has 192 valence electrons. The molecule has 6 heterocycles. The Kier molecular flexibility index (Phi) is 5.35. The molecule has 7 rings (SSSR count). The van der Waals surface area contributed by atoms with Crippen molar-refractivity contribution < 1.29 is 19.0 Å². The second-order valence-corrected chi connectivity index (χ2v) is 10.7. The van der Waals surface area contributed by atoms with Gasteiger partial charge in [0.05, 0.1) is 53.7 Å². The number of rotatable bonds is 3. The molecule has 2 aromatic heterocycles. The third kappa shape index (κ3) is 3.59. The quantitative estimate of drug-likeness (QED) is 0.484. The first-order valence-corrected chi connectivity index (χ1v) is 13.0. The fraction of sp³-hybridized carbons (Fsp3) is 0.407. The molecule has 3 aromatic rings. The molecule has 4 aliphatic heterocycles. The van der Waals surface area contributed by atoms with Gasteiger partial charge in [-0.05, 0) is 31.2 Å². The van der Waals surface area contributed by atoms with Crippen molar-refractivity contribution >= 4 is 28.9 Å². The summed E-state index contributed by atoms with van der Waals surface area (Å²) in [7, 11) is 1.58. The standard InChI is InChI=1S/C27H28ClN5O4/c1-35-24-17(28)3-2-4-18(24)31-23-21-25-27(13-30-26(21)34)6-8-33(14-27)10-15-11-36-20(15)12-37-19-9-29-7-5-16(19)22(23)32-25/h2-5,7,9,15,20,31-32H,6,8,10-14H2,1H3,(H,30,34)/t15?,20-,27+/m0/s1. The van der Waals surface area contributed by atoms with E-state index in [1.807, 2.05) is 18.2 Å². The highest BCUT2D eigenvalue weighted by Crippen LogP contribution is 2.48. The first kappa shape index (κ1) is 22.9. The van der Waals surface area contributed by atoms with Crippen LogP contribution >= 0.6 is 11.6 Å². The van der Waals surface area contributed by atoms with E-state index in [9.17, 15) is 4.79 Å². The van der Waals surface area contributed by atoms with Crippen LogP contribution in [0.1, 0.15) is 22.5 Å². The highest BCUT2D eigenvalue weighted by Gasteiger charge is 2.49. The molecule has 1 aromatic carbocycles. The number of benzene rings is 1. The molecular weight excluding hydrogens is 494 g/mol. The van der Waals surface area contributed by atoms with Gasteiger partial charge in [0.1, 0.15) is 12.4 Å². The smallest absolute Gasteiger partial charge is 0.255 e. The van der Waals surface area contributed by atoms with Crippen LogP contribution in [-0.2, 0) is 10.2 Å². The Morgan fingerprint density at radius 2 is 2.22 bits per heavy atom. The Balaban J connectivity index is 1.44. The third-order valence-electron chi connectivity index (χ3n) is 8.21. The fourth-order valence-electron chi connectivity index (χ4n) is 6.22. The summed E-state index contributed by atoms with van der Waals surface area (Å²) in [4.78, 5) is 24.0. The number of nitrogens with zero attached hydrogens (tertiary/aromatic N) is 2. The number of aromatic amines is 1. The van der Waals surface area contributed by atoms with Gasteiger partial charge < -0.3 is 34.7 Å². The molecule has 9 nitrogen and oxygen atoms in total. The van der Waals surface area contributed by atoms with Gasteiger partial charge in [0.25, 0.3) is 5.91 Å². The molecule has 1 spiro atoms. The zero-order chi connectivity index (χ0) is 25.1. The summed E-state index contributed by atoms with van der Waals surface area (Å²) in [6.45, 7) is 4.60. The number of H-pyrrole nitrogens is 1. The molecule has 2 saturated heterocycles. The molecular formula is C27H28ClN5O4. The number of anilines is 2. The van der Waals surface area contributed by atoms with Crippen molar-refractivity contribution in [2.45, 2.75) is 17.9 Å². The van der Waals surface area contributed by atoms with E-state index in [-0.39, 0.29) is 17.4 Å². The number of fused-ring (bicyclic) bond motifs is 5. The van der Waals surface area contributed by atoms with Crippen LogP contribution in [0.4, 0.5) is 11.4 Å². The lowest BCUT2D eigenvalue weighted by molar-refractivity contribution is -0.137. The summed E-state index contributed by atoms with van der Waals surface area (Å²) < 4.78 is 17.8. The Morgan fingerprint density at radius 3 is 3.05 bits per heavy atom. The number of aromatic nitrogens is 2. The number of halogens is 1. The van der Waals surface area contributed by atoms with Crippen LogP contribution in [0.15, 0.2) is 36.7 Å². The molecule has 4 bridgehead atoms. The summed E-state index contributed by atoms with van der Waals surface area (Å²) in [6.07, 6.45) is 4.47. The zero-order valence-electron chi connectivity index (χ0n) is 20.5. The summed E-state index contributed by atoms with van der Waals surface area (Å²) in [5, 5.41) is 7.17. The second-order valence-electron chi connectivity index (χ2n) is 10.3. The minimum atomic E-state index is -0.210. The summed E-state index contributed by atoms with van der Waals surface area (Å²) in [5.41, 5.74) is 4.29. The Labute approximate surface area is 219 Å². The van der Waals surface area contributed by atoms with Gasteiger partial charge in [-0.2, -0.15) is 0 Å². The Hall–Kier alpha value is -3.27. The fourth-order valence-corrected chi connectivity index (χ4v) is 6.47. The van der Waals surface area contributed by atoms with Crippen LogP contribution in [0, 0.1) is 5.92 Å². The number of para-hydroxylation sites is 1. The van der Waals surface area contributed by atoms with Crippen molar-refractivity contribution in [2.24, 2.45) is 5.92 Å². The summed E-state index contributed by atoms with van der Waals surface area (Å²) >= 11 is 6.44. The van der Waals surface area contributed by atoms with E-state index in [1.165, 1.54) is 0 Å². The predicted octanol–water partition coefficient (Wildman–Crippen LogP) is 3.58. The average Bonchev–Trinajstić information content (AvgIpc) is 3.48. The minimum absolute atomic E-state index is 0.0543. The van der Waals surface area contributed by atoms with Crippen LogP contribution in [0.2, 0.25) is 5.02 Å². The van der Waals surface area contributed by atoms with Crippen molar-refractivity contribution in [3.8, 4) is 22.8 Å². The largest absolute Gasteiger partial charge is 0.493 e. The maximum Gasteiger partial charge on any atom is 0.255 e. The van der Waals surface area contributed by atoms with Crippen molar-refractivity contribution in [1.29, 1.82) is 0 Å². The maximum absolute atomic E-state index is 13.5. The molecule has 2 unspecified atom stereocenters. The zero-order valence-corrected chi connectivity index (χ0v) is 21.2. The average molecular weight is 522 g/mol. The molecule has 0 radical (unpaired) electrons. The summed E-state index contributed by atoms with van der Waals surface area (Å²) in [6, 6.07) is 7.43. The van der Waals surface area contributed by atoms with Gasteiger partial charge in [-0.3, -0.25) is 9.78 Å². The number of hydrogen-bond donors (Lipinski definition) is 3. The number of hydrogen-bond acceptors (Lipinski definition) is 7. The topological polar surface area (TPSA) is 101 Å². The Bertz CT molecular complexity index is 1390. The molecule has 37 heavy (non-hydrogen) atoms. The van der Waals surface area contributed by atoms with Gasteiger partial charge in [0, 0.05) is 48.4 Å². The minimum Gasteiger partial charge on any atom is -0.493 e. The number of amides is 1. The Morgan fingerprint density at radius 1 is 1.30 bits per heavy atom. The van der Waals surface area contributed by atoms with Crippen molar-refractivity contribution in [1.82, 2.24) is 20.2 Å². The van der Waals surface area contributed by atoms with Gasteiger partial charge in [-0.15, -0.1) is 0 Å². The number of ether oxygens (including phenoxy) is 3. The molecule has 3 N–H and O–H groups in total. The molecule has 2 fully saturated rings. The SMILES string of the molecule is COc1c(Cl)cccc1Nc1c2[nH]c3c1C(=O)NC[C@@]31CCN(CC3CO[C@H]3COc3cnccc3-2)C1. The normalized spacial score (nSPS) is 27.7. The predicted molar refractivity (Wildman–Crippen MR) is 139 cm³/mol. The van der Waals surface area contributed by atoms with Gasteiger partial charge in [0.2, 0.25) is 0 Å². The maximum atomic E-state index is 13.5. The van der Waals surface area contributed by atoms with Crippen LogP contribution in [-0.4, -0.2) is 73.4 Å². The van der Waals surface area contributed by atoms with E-state index in [0.717, 1.165) is 49.6 Å². The molecule has 1 amide bonds.